The van der Waals surface area contributed by atoms with E-state index >= 15 is 0 Å². The molecule has 0 atom stereocenters. The number of hydrogen-bond acceptors (Lipinski definition) is 4. The zero-order valence-electron chi connectivity index (χ0n) is 8.74. The first-order chi connectivity index (χ1) is 7.65. The standard InChI is InChI=1S/C11H11ClN4/c1-7-5-14-11(15-6-7)16-10-4-8(13)2-3-9(10)12/h2-6H,13H2,1H3,(H,14,15,16). The Balaban J connectivity index is 2.26. The van der Waals surface area contributed by atoms with Crippen LogP contribution in [0.3, 0.4) is 0 Å². The van der Waals surface area contributed by atoms with E-state index in [-0.39, 0.29) is 0 Å². The third-order valence-corrected chi connectivity index (χ3v) is 2.35. The lowest BCUT2D eigenvalue weighted by atomic mass is 10.3. The van der Waals surface area contributed by atoms with Crippen LogP contribution < -0.4 is 11.1 Å². The van der Waals surface area contributed by atoms with Crippen LogP contribution in [0, 0.1) is 6.92 Å². The lowest BCUT2D eigenvalue weighted by Crippen LogP contribution is -1.98. The molecule has 0 bridgehead atoms. The molecule has 3 N–H and O–H groups in total. The van der Waals surface area contributed by atoms with Gasteiger partial charge in [0.05, 0.1) is 10.7 Å². The monoisotopic (exact) mass is 234 g/mol. The second-order valence-corrected chi connectivity index (χ2v) is 3.86. The van der Waals surface area contributed by atoms with E-state index in [1.807, 2.05) is 6.92 Å². The molecule has 82 valence electrons. The Hall–Kier alpha value is -1.81. The summed E-state index contributed by atoms with van der Waals surface area (Å²) in [5, 5.41) is 3.59. The normalized spacial score (nSPS) is 10.1. The summed E-state index contributed by atoms with van der Waals surface area (Å²) in [6.07, 6.45) is 3.46. The molecular weight excluding hydrogens is 224 g/mol. The minimum absolute atomic E-state index is 0.498. The van der Waals surface area contributed by atoms with Crippen molar-refractivity contribution in [2.24, 2.45) is 0 Å². The highest BCUT2D eigenvalue weighted by atomic mass is 35.5. The Morgan fingerprint density at radius 2 is 1.94 bits per heavy atom. The van der Waals surface area contributed by atoms with Gasteiger partial charge in [-0.2, -0.15) is 0 Å². The zero-order valence-corrected chi connectivity index (χ0v) is 9.49. The number of aromatic nitrogens is 2. The van der Waals surface area contributed by atoms with Gasteiger partial charge < -0.3 is 11.1 Å². The highest BCUT2D eigenvalue weighted by Gasteiger charge is 2.02. The van der Waals surface area contributed by atoms with Gasteiger partial charge in [0.25, 0.3) is 0 Å². The van der Waals surface area contributed by atoms with Crippen molar-refractivity contribution in [3.8, 4) is 0 Å². The van der Waals surface area contributed by atoms with Gasteiger partial charge in [-0.1, -0.05) is 11.6 Å². The van der Waals surface area contributed by atoms with Gasteiger partial charge in [-0.15, -0.1) is 0 Å². The minimum atomic E-state index is 0.498. The lowest BCUT2D eigenvalue weighted by molar-refractivity contribution is 1.13. The van der Waals surface area contributed by atoms with Gasteiger partial charge in [-0.25, -0.2) is 9.97 Å². The lowest BCUT2D eigenvalue weighted by Gasteiger charge is -2.07. The summed E-state index contributed by atoms with van der Waals surface area (Å²) in [4.78, 5) is 8.25. The van der Waals surface area contributed by atoms with E-state index in [2.05, 4.69) is 15.3 Å². The molecule has 0 aliphatic rings. The van der Waals surface area contributed by atoms with Crippen molar-refractivity contribution in [2.75, 3.05) is 11.1 Å². The third kappa shape index (κ3) is 2.41. The van der Waals surface area contributed by atoms with Crippen LogP contribution in [-0.4, -0.2) is 9.97 Å². The maximum atomic E-state index is 6.00. The largest absolute Gasteiger partial charge is 0.399 e. The van der Waals surface area contributed by atoms with Crippen molar-refractivity contribution in [3.05, 3.63) is 41.2 Å². The van der Waals surface area contributed by atoms with Crippen LogP contribution in [0.1, 0.15) is 5.56 Å². The van der Waals surface area contributed by atoms with Crippen molar-refractivity contribution < 1.29 is 0 Å². The third-order valence-electron chi connectivity index (χ3n) is 2.02. The molecule has 1 heterocycles. The Labute approximate surface area is 98.5 Å². The van der Waals surface area contributed by atoms with Crippen molar-refractivity contribution >= 4 is 28.9 Å². The molecule has 0 aliphatic carbocycles. The van der Waals surface area contributed by atoms with Crippen molar-refractivity contribution in [2.45, 2.75) is 6.92 Å². The van der Waals surface area contributed by atoms with Crippen LogP contribution in [0.2, 0.25) is 5.02 Å². The van der Waals surface area contributed by atoms with Gasteiger partial charge in [-0.3, -0.25) is 0 Å². The summed E-state index contributed by atoms with van der Waals surface area (Å²) in [5.74, 6) is 0.498. The van der Waals surface area contributed by atoms with E-state index in [9.17, 15) is 0 Å². The van der Waals surface area contributed by atoms with Crippen molar-refractivity contribution in [1.82, 2.24) is 9.97 Å². The van der Waals surface area contributed by atoms with Crippen LogP contribution in [0.5, 0.6) is 0 Å². The van der Waals surface area contributed by atoms with Gasteiger partial charge in [0.15, 0.2) is 0 Å². The first-order valence-electron chi connectivity index (χ1n) is 4.76. The van der Waals surface area contributed by atoms with Crippen LogP contribution in [0.15, 0.2) is 30.6 Å². The number of halogens is 1. The minimum Gasteiger partial charge on any atom is -0.399 e. The van der Waals surface area contributed by atoms with E-state index in [0.717, 1.165) is 5.56 Å². The van der Waals surface area contributed by atoms with Crippen molar-refractivity contribution in [1.29, 1.82) is 0 Å². The summed E-state index contributed by atoms with van der Waals surface area (Å²) in [6, 6.07) is 5.21. The Morgan fingerprint density at radius 1 is 1.25 bits per heavy atom. The number of anilines is 3. The molecule has 0 saturated carbocycles. The first kappa shape index (κ1) is 10.7. The van der Waals surface area contributed by atoms with Gasteiger partial charge in [-0.05, 0) is 30.7 Å². The SMILES string of the molecule is Cc1cnc(Nc2cc(N)ccc2Cl)nc1. The predicted octanol–water partition coefficient (Wildman–Crippen LogP) is 2.76. The number of nitrogens with one attached hydrogen (secondary N) is 1. The summed E-state index contributed by atoms with van der Waals surface area (Å²) in [5.41, 5.74) is 8.01. The zero-order chi connectivity index (χ0) is 11.5. The molecule has 2 rings (SSSR count). The van der Waals surface area contributed by atoms with Crippen LogP contribution >= 0.6 is 11.6 Å². The van der Waals surface area contributed by atoms with Gasteiger partial charge in [0.2, 0.25) is 5.95 Å². The number of hydrogen-bond donors (Lipinski definition) is 2. The first-order valence-corrected chi connectivity index (χ1v) is 5.13. The summed E-state index contributed by atoms with van der Waals surface area (Å²) >= 11 is 6.00. The Morgan fingerprint density at radius 3 is 2.62 bits per heavy atom. The maximum absolute atomic E-state index is 6.00. The van der Waals surface area contributed by atoms with Crippen molar-refractivity contribution in [3.63, 3.8) is 0 Å². The molecule has 1 aromatic carbocycles. The van der Waals surface area contributed by atoms with Crippen LogP contribution in [0.4, 0.5) is 17.3 Å². The van der Waals surface area contributed by atoms with E-state index < -0.39 is 0 Å². The average molecular weight is 235 g/mol. The second-order valence-electron chi connectivity index (χ2n) is 3.45. The topological polar surface area (TPSA) is 63.8 Å². The van der Waals surface area contributed by atoms with Gasteiger partial charge >= 0.3 is 0 Å². The maximum Gasteiger partial charge on any atom is 0.227 e. The average Bonchev–Trinajstić information content (AvgIpc) is 2.27. The molecule has 0 fully saturated rings. The molecule has 0 radical (unpaired) electrons. The predicted molar refractivity (Wildman–Crippen MR) is 65.9 cm³/mol. The van der Waals surface area contributed by atoms with Crippen LogP contribution in [-0.2, 0) is 0 Å². The van der Waals surface area contributed by atoms with E-state index in [0.29, 0.717) is 22.3 Å². The van der Waals surface area contributed by atoms with E-state index in [4.69, 9.17) is 17.3 Å². The molecule has 0 saturated heterocycles. The summed E-state index contributed by atoms with van der Waals surface area (Å²) in [7, 11) is 0. The molecule has 0 aliphatic heterocycles. The molecule has 1 aromatic heterocycles. The smallest absolute Gasteiger partial charge is 0.227 e. The van der Waals surface area contributed by atoms with E-state index in [1.165, 1.54) is 0 Å². The fourth-order valence-electron chi connectivity index (χ4n) is 1.22. The number of aryl methyl sites for hydroxylation is 1. The molecule has 0 amide bonds. The molecular formula is C11H11ClN4. The fraction of sp³-hybridized carbons (Fsp3) is 0.0909. The highest BCUT2D eigenvalue weighted by molar-refractivity contribution is 6.33. The summed E-state index contributed by atoms with van der Waals surface area (Å²) < 4.78 is 0. The van der Waals surface area contributed by atoms with Gasteiger partial charge in [0, 0.05) is 18.1 Å². The highest BCUT2D eigenvalue weighted by Crippen LogP contribution is 2.25. The fourth-order valence-corrected chi connectivity index (χ4v) is 1.38. The molecule has 0 spiro atoms. The Kier molecular flexibility index (Phi) is 2.92. The molecule has 4 nitrogen and oxygen atoms in total. The van der Waals surface area contributed by atoms with Gasteiger partial charge in [0.1, 0.15) is 0 Å². The number of nitrogen functional groups attached to an aromatic ring is 1. The van der Waals surface area contributed by atoms with E-state index in [1.54, 1.807) is 30.6 Å². The molecule has 16 heavy (non-hydrogen) atoms. The molecule has 0 unspecified atom stereocenters. The second kappa shape index (κ2) is 4.37. The molecule has 5 heteroatoms. The number of nitrogens with two attached hydrogens (primary N) is 1. The number of benzene rings is 1. The van der Waals surface area contributed by atoms with Crippen LogP contribution in [0.25, 0.3) is 0 Å². The molecule has 2 aromatic rings. The number of nitrogens with zero attached hydrogens (tertiary/aromatic N) is 2. The summed E-state index contributed by atoms with van der Waals surface area (Å²) in [6.45, 7) is 1.93. The number of rotatable bonds is 2. The Bertz CT molecular complexity index is 496. The quantitative estimate of drug-likeness (QED) is 0.785.